The molecule has 0 aliphatic carbocycles. The largest absolute Gasteiger partial charge is 0.338 e. The fraction of sp³-hybridized carbons (Fsp3) is 0.800. The molecule has 5 heteroatoms. The average molecular weight is 212 g/mol. The van der Waals surface area contributed by atoms with Crippen LogP contribution in [0.3, 0.4) is 0 Å². The predicted octanol–water partition coefficient (Wildman–Crippen LogP) is 0.856. The highest BCUT2D eigenvalue weighted by Gasteiger charge is 2.07. The average Bonchev–Trinajstić information content (AvgIpc) is 2.49. The molecule has 5 nitrogen and oxygen atoms in total. The Hall–Kier alpha value is -0.940. The Labute approximate surface area is 90.6 Å². The zero-order valence-electron chi connectivity index (χ0n) is 9.92. The molecule has 0 spiro atoms. The van der Waals surface area contributed by atoms with Crippen LogP contribution in [0.25, 0.3) is 0 Å². The topological polar surface area (TPSA) is 63.0 Å². The summed E-state index contributed by atoms with van der Waals surface area (Å²) in [7, 11) is 0. The number of rotatable bonds is 5. The highest BCUT2D eigenvalue weighted by atomic mass is 16.5. The van der Waals surface area contributed by atoms with Crippen molar-refractivity contribution in [2.24, 2.45) is 0 Å². The van der Waals surface area contributed by atoms with Crippen molar-refractivity contribution in [1.29, 1.82) is 0 Å². The first-order valence-corrected chi connectivity index (χ1v) is 5.22. The summed E-state index contributed by atoms with van der Waals surface area (Å²) in [6.07, 6.45) is 0. The lowest BCUT2D eigenvalue weighted by Gasteiger charge is -2.20. The number of nitrogens with zero attached hydrogens (tertiary/aromatic N) is 2. The molecule has 0 saturated heterocycles. The fourth-order valence-electron chi connectivity index (χ4n) is 1.13. The van der Waals surface area contributed by atoms with Crippen molar-refractivity contribution in [2.45, 2.75) is 39.8 Å². The predicted molar refractivity (Wildman–Crippen MR) is 58.5 cm³/mol. The standard InChI is InChI=1S/C10H20N4O/c1-8-13-9(15-14-8)7-11-5-6-12-10(2,3)4/h11-12H,5-7H2,1-4H3. The number of hydrogen-bond donors (Lipinski definition) is 2. The smallest absolute Gasteiger partial charge is 0.240 e. The van der Waals surface area contributed by atoms with Gasteiger partial charge >= 0.3 is 0 Å². The molecular formula is C10H20N4O. The van der Waals surface area contributed by atoms with E-state index in [1.165, 1.54) is 0 Å². The molecule has 0 radical (unpaired) electrons. The summed E-state index contributed by atoms with van der Waals surface area (Å²) < 4.78 is 4.97. The molecule has 0 amide bonds. The molecule has 0 aliphatic heterocycles. The zero-order chi connectivity index (χ0) is 11.3. The summed E-state index contributed by atoms with van der Waals surface area (Å²) in [6, 6.07) is 0. The van der Waals surface area contributed by atoms with Crippen molar-refractivity contribution in [3.05, 3.63) is 11.7 Å². The summed E-state index contributed by atoms with van der Waals surface area (Å²) >= 11 is 0. The van der Waals surface area contributed by atoms with E-state index in [1.54, 1.807) is 0 Å². The third kappa shape index (κ3) is 5.49. The van der Waals surface area contributed by atoms with Gasteiger partial charge in [0.1, 0.15) is 0 Å². The molecule has 0 unspecified atom stereocenters. The van der Waals surface area contributed by atoms with E-state index in [1.807, 2.05) is 6.92 Å². The molecule has 0 fully saturated rings. The molecule has 86 valence electrons. The SMILES string of the molecule is Cc1noc(CNCCNC(C)(C)C)n1. The van der Waals surface area contributed by atoms with Crippen LogP contribution in [0.5, 0.6) is 0 Å². The lowest BCUT2D eigenvalue weighted by molar-refractivity contribution is 0.360. The molecule has 1 aromatic rings. The minimum absolute atomic E-state index is 0.169. The van der Waals surface area contributed by atoms with Crippen molar-refractivity contribution in [2.75, 3.05) is 13.1 Å². The number of hydrogen-bond acceptors (Lipinski definition) is 5. The Morgan fingerprint density at radius 2 is 2.00 bits per heavy atom. The minimum atomic E-state index is 0.169. The third-order valence-corrected chi connectivity index (χ3v) is 1.80. The minimum Gasteiger partial charge on any atom is -0.338 e. The first-order chi connectivity index (χ1) is 6.97. The van der Waals surface area contributed by atoms with Crippen molar-refractivity contribution in [1.82, 2.24) is 20.8 Å². The van der Waals surface area contributed by atoms with Gasteiger partial charge in [-0.2, -0.15) is 4.98 Å². The Balaban J connectivity index is 2.07. The summed E-state index contributed by atoms with van der Waals surface area (Å²) in [5, 5.41) is 10.3. The molecule has 1 rings (SSSR count). The monoisotopic (exact) mass is 212 g/mol. The highest BCUT2D eigenvalue weighted by molar-refractivity contribution is 4.82. The van der Waals surface area contributed by atoms with Crippen molar-refractivity contribution < 1.29 is 4.52 Å². The van der Waals surface area contributed by atoms with E-state index < -0.39 is 0 Å². The molecule has 2 N–H and O–H groups in total. The highest BCUT2D eigenvalue weighted by Crippen LogP contribution is 1.97. The molecule has 0 saturated carbocycles. The molecule has 0 bridgehead atoms. The van der Waals surface area contributed by atoms with Crippen LogP contribution in [0.15, 0.2) is 4.52 Å². The summed E-state index contributed by atoms with van der Waals surface area (Å²) in [5.74, 6) is 1.32. The van der Waals surface area contributed by atoms with Crippen LogP contribution in [0.4, 0.5) is 0 Å². The van der Waals surface area contributed by atoms with Crippen LogP contribution in [0.1, 0.15) is 32.5 Å². The van der Waals surface area contributed by atoms with Gasteiger partial charge in [-0.3, -0.25) is 0 Å². The Bertz CT molecular complexity index is 290. The van der Waals surface area contributed by atoms with Crippen molar-refractivity contribution >= 4 is 0 Å². The van der Waals surface area contributed by atoms with E-state index in [2.05, 4.69) is 41.5 Å². The number of aryl methyl sites for hydroxylation is 1. The second-order valence-corrected chi connectivity index (χ2v) is 4.59. The van der Waals surface area contributed by atoms with Crippen LogP contribution < -0.4 is 10.6 Å². The Kier molecular flexibility index (Phi) is 4.23. The van der Waals surface area contributed by atoms with Gasteiger partial charge in [0.2, 0.25) is 5.89 Å². The van der Waals surface area contributed by atoms with Gasteiger partial charge in [0.25, 0.3) is 0 Å². The van der Waals surface area contributed by atoms with Gasteiger partial charge in [0.15, 0.2) is 5.82 Å². The number of nitrogens with one attached hydrogen (secondary N) is 2. The first-order valence-electron chi connectivity index (χ1n) is 5.22. The zero-order valence-corrected chi connectivity index (χ0v) is 9.92. The van der Waals surface area contributed by atoms with Gasteiger partial charge in [-0.1, -0.05) is 5.16 Å². The van der Waals surface area contributed by atoms with Crippen LogP contribution in [-0.2, 0) is 6.54 Å². The summed E-state index contributed by atoms with van der Waals surface area (Å²) in [4.78, 5) is 4.10. The molecule has 0 aromatic carbocycles. The first kappa shape index (κ1) is 12.1. The van der Waals surface area contributed by atoms with Gasteiger partial charge in [-0.05, 0) is 27.7 Å². The Morgan fingerprint density at radius 1 is 1.27 bits per heavy atom. The second kappa shape index (κ2) is 5.23. The molecule has 0 atom stereocenters. The van der Waals surface area contributed by atoms with E-state index in [0.717, 1.165) is 13.1 Å². The normalized spacial score (nSPS) is 12.0. The molecule has 15 heavy (non-hydrogen) atoms. The van der Waals surface area contributed by atoms with E-state index in [0.29, 0.717) is 18.3 Å². The van der Waals surface area contributed by atoms with Gasteiger partial charge in [0, 0.05) is 18.6 Å². The summed E-state index contributed by atoms with van der Waals surface area (Å²) in [6.45, 7) is 10.7. The van der Waals surface area contributed by atoms with Crippen molar-refractivity contribution in [3.8, 4) is 0 Å². The molecular weight excluding hydrogens is 192 g/mol. The van der Waals surface area contributed by atoms with Gasteiger partial charge in [-0.15, -0.1) is 0 Å². The lowest BCUT2D eigenvalue weighted by atomic mass is 10.1. The van der Waals surface area contributed by atoms with E-state index >= 15 is 0 Å². The third-order valence-electron chi connectivity index (χ3n) is 1.80. The maximum Gasteiger partial charge on any atom is 0.240 e. The van der Waals surface area contributed by atoms with Crippen LogP contribution in [0, 0.1) is 6.92 Å². The van der Waals surface area contributed by atoms with Crippen LogP contribution in [0.2, 0.25) is 0 Å². The fourth-order valence-corrected chi connectivity index (χ4v) is 1.13. The maximum atomic E-state index is 4.97. The second-order valence-electron chi connectivity index (χ2n) is 4.59. The molecule has 1 aromatic heterocycles. The number of aromatic nitrogens is 2. The quantitative estimate of drug-likeness (QED) is 0.709. The lowest BCUT2D eigenvalue weighted by Crippen LogP contribution is -2.40. The van der Waals surface area contributed by atoms with Gasteiger partial charge in [-0.25, -0.2) is 0 Å². The van der Waals surface area contributed by atoms with E-state index in [9.17, 15) is 0 Å². The van der Waals surface area contributed by atoms with Crippen molar-refractivity contribution in [3.63, 3.8) is 0 Å². The molecule has 1 heterocycles. The van der Waals surface area contributed by atoms with E-state index in [-0.39, 0.29) is 5.54 Å². The van der Waals surface area contributed by atoms with E-state index in [4.69, 9.17) is 4.52 Å². The van der Waals surface area contributed by atoms with Gasteiger partial charge < -0.3 is 15.2 Å². The Morgan fingerprint density at radius 3 is 2.53 bits per heavy atom. The summed E-state index contributed by atoms with van der Waals surface area (Å²) in [5.41, 5.74) is 0.169. The van der Waals surface area contributed by atoms with Crippen LogP contribution in [-0.4, -0.2) is 28.8 Å². The molecule has 0 aliphatic rings. The van der Waals surface area contributed by atoms with Crippen LogP contribution >= 0.6 is 0 Å². The van der Waals surface area contributed by atoms with Gasteiger partial charge in [0.05, 0.1) is 6.54 Å². The maximum absolute atomic E-state index is 4.97.